The maximum Gasteiger partial charge on any atom is 0.223 e. The zero-order valence-electron chi connectivity index (χ0n) is 14.6. The fraction of sp³-hybridized carbons (Fsp3) is 0.625. The fourth-order valence-electron chi connectivity index (χ4n) is 3.08. The summed E-state index contributed by atoms with van der Waals surface area (Å²) in [6, 6.07) is 0. The van der Waals surface area contributed by atoms with Crippen LogP contribution in [0.25, 0.3) is 0 Å². The highest BCUT2D eigenvalue weighted by Crippen LogP contribution is 2.20. The highest BCUT2D eigenvalue weighted by atomic mass is 16.5. The molecule has 0 amide bonds. The van der Waals surface area contributed by atoms with Crippen molar-refractivity contribution in [2.75, 3.05) is 19.6 Å². The summed E-state index contributed by atoms with van der Waals surface area (Å²) in [5.74, 6) is 2.75. The van der Waals surface area contributed by atoms with Crippen molar-refractivity contribution in [1.29, 1.82) is 0 Å². The number of nitrogens with zero attached hydrogens (tertiary/aromatic N) is 6. The molecule has 3 heterocycles. The first-order valence-corrected chi connectivity index (χ1v) is 8.44. The first kappa shape index (κ1) is 16.5. The van der Waals surface area contributed by atoms with Crippen LogP contribution >= 0.6 is 0 Å². The molecule has 1 aliphatic heterocycles. The van der Waals surface area contributed by atoms with E-state index < -0.39 is 0 Å². The van der Waals surface area contributed by atoms with E-state index in [1.807, 2.05) is 17.9 Å². The molecule has 1 aliphatic rings. The maximum atomic E-state index is 5.00. The van der Waals surface area contributed by atoms with Crippen molar-refractivity contribution < 1.29 is 4.52 Å². The van der Waals surface area contributed by atoms with Crippen molar-refractivity contribution in [2.45, 2.75) is 33.2 Å². The second-order valence-electron chi connectivity index (χ2n) is 6.23. The summed E-state index contributed by atoms with van der Waals surface area (Å²) in [5.41, 5.74) is 1.30. The molecule has 1 atom stereocenters. The number of aliphatic imine (C=N–C) groups is 1. The fourth-order valence-corrected chi connectivity index (χ4v) is 3.08. The molecule has 0 aromatic carbocycles. The number of aryl methyl sites for hydroxylation is 2. The van der Waals surface area contributed by atoms with E-state index in [2.05, 4.69) is 43.6 Å². The molecule has 2 aromatic heterocycles. The summed E-state index contributed by atoms with van der Waals surface area (Å²) < 4.78 is 6.86. The largest absolute Gasteiger partial charge is 0.357 e. The van der Waals surface area contributed by atoms with Gasteiger partial charge in [-0.2, -0.15) is 10.1 Å². The molecule has 1 saturated heterocycles. The van der Waals surface area contributed by atoms with Gasteiger partial charge in [-0.1, -0.05) is 5.16 Å². The van der Waals surface area contributed by atoms with Crippen molar-refractivity contribution in [1.82, 2.24) is 30.1 Å². The Morgan fingerprint density at radius 2 is 2.38 bits per heavy atom. The maximum absolute atomic E-state index is 5.00. The Labute approximate surface area is 141 Å². The van der Waals surface area contributed by atoms with Gasteiger partial charge in [-0.15, -0.1) is 0 Å². The molecule has 0 spiro atoms. The van der Waals surface area contributed by atoms with E-state index in [-0.39, 0.29) is 0 Å². The second-order valence-corrected chi connectivity index (χ2v) is 6.23. The molecule has 24 heavy (non-hydrogen) atoms. The van der Waals surface area contributed by atoms with E-state index in [1.54, 1.807) is 6.92 Å². The molecule has 0 radical (unpaired) electrons. The molecule has 1 fully saturated rings. The zero-order valence-corrected chi connectivity index (χ0v) is 14.6. The molecule has 0 saturated carbocycles. The van der Waals surface area contributed by atoms with E-state index in [0.717, 1.165) is 32.0 Å². The Bertz CT molecular complexity index is 690. The van der Waals surface area contributed by atoms with Crippen molar-refractivity contribution in [3.63, 3.8) is 0 Å². The van der Waals surface area contributed by atoms with Gasteiger partial charge in [0.1, 0.15) is 6.54 Å². The second kappa shape index (κ2) is 7.46. The quantitative estimate of drug-likeness (QED) is 0.653. The van der Waals surface area contributed by atoms with E-state index in [1.165, 1.54) is 12.0 Å². The monoisotopic (exact) mass is 331 g/mol. The van der Waals surface area contributed by atoms with Gasteiger partial charge in [-0.25, -0.2) is 4.99 Å². The minimum absolute atomic E-state index is 0.434. The number of nitrogens with one attached hydrogen (secondary N) is 1. The molecule has 1 N–H and O–H groups in total. The lowest BCUT2D eigenvalue weighted by molar-refractivity contribution is 0.387. The van der Waals surface area contributed by atoms with Crippen molar-refractivity contribution in [2.24, 2.45) is 18.0 Å². The molecular weight excluding hydrogens is 306 g/mol. The van der Waals surface area contributed by atoms with Crippen LogP contribution in [0.5, 0.6) is 0 Å². The van der Waals surface area contributed by atoms with Gasteiger partial charge in [0.05, 0.1) is 6.20 Å². The normalized spacial score (nSPS) is 18.4. The lowest BCUT2D eigenvalue weighted by Gasteiger charge is -2.21. The van der Waals surface area contributed by atoms with Crippen LogP contribution in [0.3, 0.4) is 0 Å². The van der Waals surface area contributed by atoms with Crippen molar-refractivity contribution in [3.8, 4) is 0 Å². The van der Waals surface area contributed by atoms with Crippen LogP contribution in [0.15, 0.2) is 21.9 Å². The van der Waals surface area contributed by atoms with Crippen molar-refractivity contribution in [3.05, 3.63) is 29.7 Å². The predicted molar refractivity (Wildman–Crippen MR) is 90.4 cm³/mol. The average molecular weight is 331 g/mol. The SMILES string of the molecule is CCNC(=NCc1noc(C)n1)N1CCC(Cc2cnn(C)c2)C1. The lowest BCUT2D eigenvalue weighted by Crippen LogP contribution is -2.40. The summed E-state index contributed by atoms with van der Waals surface area (Å²) >= 11 is 0. The van der Waals surface area contributed by atoms with E-state index in [4.69, 9.17) is 4.52 Å². The molecule has 1 unspecified atom stereocenters. The number of hydrogen-bond donors (Lipinski definition) is 1. The van der Waals surface area contributed by atoms with Crippen LogP contribution in [0.4, 0.5) is 0 Å². The average Bonchev–Trinajstić information content (AvgIpc) is 3.27. The Morgan fingerprint density at radius 1 is 1.50 bits per heavy atom. The highest BCUT2D eigenvalue weighted by Gasteiger charge is 2.25. The third-order valence-corrected chi connectivity index (χ3v) is 4.14. The van der Waals surface area contributed by atoms with Gasteiger partial charge in [0, 0.05) is 39.8 Å². The van der Waals surface area contributed by atoms with Crippen LogP contribution in [0.1, 0.15) is 30.6 Å². The summed E-state index contributed by atoms with van der Waals surface area (Å²) in [6.07, 6.45) is 6.29. The van der Waals surface area contributed by atoms with Gasteiger partial charge >= 0.3 is 0 Å². The Morgan fingerprint density at radius 3 is 3.04 bits per heavy atom. The molecule has 130 valence electrons. The van der Waals surface area contributed by atoms with Crippen LogP contribution in [-0.2, 0) is 20.0 Å². The molecule has 0 bridgehead atoms. The lowest BCUT2D eigenvalue weighted by atomic mass is 10.0. The summed E-state index contributed by atoms with van der Waals surface area (Å²) in [7, 11) is 1.96. The minimum atomic E-state index is 0.434. The smallest absolute Gasteiger partial charge is 0.223 e. The predicted octanol–water partition coefficient (Wildman–Crippen LogP) is 1.14. The first-order valence-electron chi connectivity index (χ1n) is 8.44. The Kier molecular flexibility index (Phi) is 5.12. The van der Waals surface area contributed by atoms with Crippen LogP contribution < -0.4 is 5.32 Å². The number of rotatable bonds is 5. The molecular formula is C16H25N7O. The van der Waals surface area contributed by atoms with Gasteiger partial charge in [0.2, 0.25) is 5.89 Å². The molecule has 8 nitrogen and oxygen atoms in total. The highest BCUT2D eigenvalue weighted by molar-refractivity contribution is 5.80. The molecule has 3 rings (SSSR count). The molecule has 2 aromatic rings. The minimum Gasteiger partial charge on any atom is -0.357 e. The summed E-state index contributed by atoms with van der Waals surface area (Å²) in [4.78, 5) is 11.2. The topological polar surface area (TPSA) is 84.4 Å². The number of guanidine groups is 1. The number of likely N-dealkylation sites (tertiary alicyclic amines) is 1. The number of hydrogen-bond acceptors (Lipinski definition) is 5. The third-order valence-electron chi connectivity index (χ3n) is 4.14. The van der Waals surface area contributed by atoms with Crippen LogP contribution in [-0.4, -0.2) is 50.4 Å². The van der Waals surface area contributed by atoms with Gasteiger partial charge in [-0.3, -0.25) is 4.68 Å². The summed E-state index contributed by atoms with van der Waals surface area (Å²) in [6.45, 7) is 7.16. The zero-order chi connectivity index (χ0) is 16.9. The number of aromatic nitrogens is 4. The first-order chi connectivity index (χ1) is 11.6. The third kappa shape index (κ3) is 4.12. The van der Waals surface area contributed by atoms with E-state index >= 15 is 0 Å². The van der Waals surface area contributed by atoms with Gasteiger partial charge in [-0.05, 0) is 31.2 Å². The Balaban J connectivity index is 1.59. The van der Waals surface area contributed by atoms with Crippen LogP contribution in [0.2, 0.25) is 0 Å². The van der Waals surface area contributed by atoms with Crippen molar-refractivity contribution >= 4 is 5.96 Å². The molecule has 8 heteroatoms. The summed E-state index contributed by atoms with van der Waals surface area (Å²) in [5, 5.41) is 11.5. The van der Waals surface area contributed by atoms with E-state index in [9.17, 15) is 0 Å². The van der Waals surface area contributed by atoms with Gasteiger partial charge in [0.15, 0.2) is 11.8 Å². The van der Waals surface area contributed by atoms with E-state index in [0.29, 0.717) is 24.2 Å². The molecule has 0 aliphatic carbocycles. The van der Waals surface area contributed by atoms with Crippen LogP contribution in [0, 0.1) is 12.8 Å². The van der Waals surface area contributed by atoms with Gasteiger partial charge < -0.3 is 14.7 Å². The van der Waals surface area contributed by atoms with Gasteiger partial charge in [0.25, 0.3) is 0 Å². The standard InChI is InChI=1S/C16H25N7O/c1-4-17-16(18-9-15-20-12(2)24-21-15)23-6-5-13(11-23)7-14-8-19-22(3)10-14/h8,10,13H,4-7,9,11H2,1-3H3,(H,17,18). The Hall–Kier alpha value is -2.38.